The minimum Gasteiger partial charge on any atom is -0.368 e. The van der Waals surface area contributed by atoms with E-state index < -0.39 is 0 Å². The van der Waals surface area contributed by atoms with Crippen molar-refractivity contribution in [2.24, 2.45) is 5.92 Å². The average molecular weight is 288 g/mol. The van der Waals surface area contributed by atoms with Crippen LogP contribution in [0.2, 0.25) is 0 Å². The molecule has 0 unspecified atom stereocenters. The lowest BCUT2D eigenvalue weighted by atomic mass is 9.89. The maximum atomic E-state index is 12.0. The van der Waals surface area contributed by atoms with E-state index in [-0.39, 0.29) is 18.6 Å². The molecule has 0 bridgehead atoms. The third kappa shape index (κ3) is 3.39. The summed E-state index contributed by atoms with van der Waals surface area (Å²) in [7, 11) is 0. The average Bonchev–Trinajstić information content (AvgIpc) is 2.96. The molecule has 3 rings (SSSR count). The second-order valence-electron chi connectivity index (χ2n) is 5.67. The zero-order chi connectivity index (χ0) is 14.7. The fraction of sp³-hybridized carbons (Fsp3) is 0.533. The number of nitrogens with zero attached hydrogens (tertiary/aromatic N) is 3. The molecule has 0 aromatic carbocycles. The Balaban J connectivity index is 1.53. The fourth-order valence-electron chi connectivity index (χ4n) is 2.70. The van der Waals surface area contributed by atoms with Crippen LogP contribution in [0.3, 0.4) is 0 Å². The summed E-state index contributed by atoms with van der Waals surface area (Å²) in [5.41, 5.74) is 0.704. The number of ether oxygens (including phenoxy) is 1. The molecule has 0 saturated heterocycles. The van der Waals surface area contributed by atoms with Gasteiger partial charge in [0.05, 0.1) is 12.3 Å². The van der Waals surface area contributed by atoms with Crippen molar-refractivity contribution in [1.29, 1.82) is 0 Å². The Hall–Kier alpha value is -1.95. The first-order valence-electron chi connectivity index (χ1n) is 7.42. The molecule has 2 heterocycles. The lowest BCUT2D eigenvalue weighted by molar-refractivity contribution is -0.123. The second-order valence-corrected chi connectivity index (χ2v) is 5.67. The van der Waals surface area contributed by atoms with Crippen LogP contribution in [0.1, 0.15) is 32.6 Å². The Kier molecular flexibility index (Phi) is 4.15. The molecule has 1 amide bonds. The van der Waals surface area contributed by atoms with E-state index in [2.05, 4.69) is 22.3 Å². The number of anilines is 1. The molecule has 0 atom stereocenters. The molecule has 2 aromatic rings. The number of hydrogen-bond donors (Lipinski definition) is 1. The van der Waals surface area contributed by atoms with Crippen LogP contribution in [0, 0.1) is 5.92 Å². The van der Waals surface area contributed by atoms with E-state index in [4.69, 9.17) is 4.74 Å². The Morgan fingerprint density at radius 3 is 2.95 bits per heavy atom. The summed E-state index contributed by atoms with van der Waals surface area (Å²) < 4.78 is 7.30. The molecule has 1 aliphatic rings. The summed E-state index contributed by atoms with van der Waals surface area (Å²) in [5.74, 6) is 1.23. The monoisotopic (exact) mass is 288 g/mol. The van der Waals surface area contributed by atoms with E-state index in [0.29, 0.717) is 11.5 Å². The predicted octanol–water partition coefficient (Wildman–Crippen LogP) is 2.26. The molecule has 112 valence electrons. The van der Waals surface area contributed by atoms with Crippen LogP contribution in [0.25, 0.3) is 5.65 Å². The van der Waals surface area contributed by atoms with E-state index in [1.54, 1.807) is 29.0 Å². The van der Waals surface area contributed by atoms with Gasteiger partial charge in [0.2, 0.25) is 0 Å². The molecule has 1 saturated carbocycles. The number of carbonyl (C=O) groups is 1. The van der Waals surface area contributed by atoms with Crippen molar-refractivity contribution in [2.75, 3.05) is 11.9 Å². The van der Waals surface area contributed by atoms with E-state index in [1.807, 2.05) is 0 Å². The summed E-state index contributed by atoms with van der Waals surface area (Å²) >= 11 is 0. The van der Waals surface area contributed by atoms with Crippen molar-refractivity contribution in [1.82, 2.24) is 14.6 Å². The zero-order valence-corrected chi connectivity index (χ0v) is 12.2. The van der Waals surface area contributed by atoms with Crippen molar-refractivity contribution in [3.63, 3.8) is 0 Å². The number of fused-ring (bicyclic) bond motifs is 1. The van der Waals surface area contributed by atoms with Gasteiger partial charge >= 0.3 is 0 Å². The maximum absolute atomic E-state index is 12.0. The number of aromatic nitrogens is 3. The van der Waals surface area contributed by atoms with E-state index >= 15 is 0 Å². The van der Waals surface area contributed by atoms with E-state index in [9.17, 15) is 4.79 Å². The molecule has 6 nitrogen and oxygen atoms in total. The lowest BCUT2D eigenvalue weighted by Crippen LogP contribution is -2.26. The highest BCUT2D eigenvalue weighted by atomic mass is 16.5. The molecular weight excluding hydrogens is 268 g/mol. The predicted molar refractivity (Wildman–Crippen MR) is 79.0 cm³/mol. The Morgan fingerprint density at radius 1 is 1.33 bits per heavy atom. The molecule has 2 aromatic heterocycles. The fourth-order valence-corrected chi connectivity index (χ4v) is 2.70. The SMILES string of the molecule is CC1CCC(OCC(=O)Nc2ccnc3ccnn23)CC1. The highest BCUT2D eigenvalue weighted by Gasteiger charge is 2.19. The van der Waals surface area contributed by atoms with Crippen LogP contribution < -0.4 is 5.32 Å². The summed E-state index contributed by atoms with van der Waals surface area (Å²) in [6.07, 6.45) is 7.98. The minimum atomic E-state index is -0.156. The first-order valence-corrected chi connectivity index (χ1v) is 7.42. The number of amides is 1. The number of rotatable bonds is 4. The van der Waals surface area contributed by atoms with Gasteiger partial charge in [-0.25, -0.2) is 4.98 Å². The highest BCUT2D eigenvalue weighted by Crippen LogP contribution is 2.25. The van der Waals surface area contributed by atoms with Crippen molar-refractivity contribution in [2.45, 2.75) is 38.7 Å². The molecule has 0 radical (unpaired) electrons. The van der Waals surface area contributed by atoms with Gasteiger partial charge < -0.3 is 10.1 Å². The summed E-state index contributed by atoms with van der Waals surface area (Å²) in [4.78, 5) is 16.1. The summed E-state index contributed by atoms with van der Waals surface area (Å²) in [6.45, 7) is 2.35. The van der Waals surface area contributed by atoms with Gasteiger partial charge in [0.15, 0.2) is 5.65 Å². The van der Waals surface area contributed by atoms with Gasteiger partial charge in [-0.1, -0.05) is 6.92 Å². The highest BCUT2D eigenvalue weighted by molar-refractivity contribution is 5.91. The first-order chi connectivity index (χ1) is 10.2. The Morgan fingerprint density at radius 2 is 2.14 bits per heavy atom. The van der Waals surface area contributed by atoms with Crippen molar-refractivity contribution < 1.29 is 9.53 Å². The van der Waals surface area contributed by atoms with Crippen LogP contribution >= 0.6 is 0 Å². The minimum absolute atomic E-state index is 0.0874. The Bertz CT molecular complexity index is 617. The molecule has 0 aliphatic heterocycles. The molecule has 0 spiro atoms. The van der Waals surface area contributed by atoms with Gasteiger partial charge in [-0.2, -0.15) is 9.61 Å². The van der Waals surface area contributed by atoms with Crippen LogP contribution in [0.15, 0.2) is 24.5 Å². The first kappa shape index (κ1) is 14.0. The van der Waals surface area contributed by atoms with Crippen LogP contribution in [0.4, 0.5) is 5.82 Å². The van der Waals surface area contributed by atoms with Crippen LogP contribution in [-0.4, -0.2) is 33.2 Å². The molecule has 21 heavy (non-hydrogen) atoms. The van der Waals surface area contributed by atoms with Gasteiger partial charge in [-0.05, 0) is 37.7 Å². The van der Waals surface area contributed by atoms with Crippen molar-refractivity contribution in [3.8, 4) is 0 Å². The molecule has 1 aliphatic carbocycles. The maximum Gasteiger partial charge on any atom is 0.251 e. The Labute approximate surface area is 123 Å². The van der Waals surface area contributed by atoms with Gasteiger partial charge in [0.25, 0.3) is 5.91 Å². The lowest BCUT2D eigenvalue weighted by Gasteiger charge is -2.25. The zero-order valence-electron chi connectivity index (χ0n) is 12.2. The molecule has 1 N–H and O–H groups in total. The molecular formula is C15H20N4O2. The van der Waals surface area contributed by atoms with Crippen molar-refractivity contribution >= 4 is 17.4 Å². The third-order valence-corrected chi connectivity index (χ3v) is 3.97. The van der Waals surface area contributed by atoms with Crippen LogP contribution in [0.5, 0.6) is 0 Å². The summed E-state index contributed by atoms with van der Waals surface area (Å²) in [6, 6.07) is 3.51. The van der Waals surface area contributed by atoms with Gasteiger partial charge in [0, 0.05) is 12.3 Å². The largest absolute Gasteiger partial charge is 0.368 e. The quantitative estimate of drug-likeness (QED) is 0.937. The number of carbonyl (C=O) groups excluding carboxylic acids is 1. The van der Waals surface area contributed by atoms with E-state index in [1.165, 1.54) is 12.8 Å². The molecule has 1 fully saturated rings. The second kappa shape index (κ2) is 6.22. The van der Waals surface area contributed by atoms with Crippen molar-refractivity contribution in [3.05, 3.63) is 24.5 Å². The topological polar surface area (TPSA) is 68.5 Å². The third-order valence-electron chi connectivity index (χ3n) is 3.97. The normalized spacial score (nSPS) is 22.3. The van der Waals surface area contributed by atoms with Crippen LogP contribution in [-0.2, 0) is 9.53 Å². The smallest absolute Gasteiger partial charge is 0.251 e. The number of nitrogens with one attached hydrogen (secondary N) is 1. The molecule has 6 heteroatoms. The van der Waals surface area contributed by atoms with Gasteiger partial charge in [-0.3, -0.25) is 4.79 Å². The standard InChI is InChI=1S/C15H20N4O2/c1-11-2-4-12(5-3-11)21-10-15(20)18-14-6-8-16-13-7-9-17-19(13)14/h6-9,11-12H,2-5,10H2,1H3,(H,18,20). The van der Waals surface area contributed by atoms with Gasteiger partial charge in [0.1, 0.15) is 12.4 Å². The summed E-state index contributed by atoms with van der Waals surface area (Å²) in [5, 5.41) is 6.94. The number of hydrogen-bond acceptors (Lipinski definition) is 4. The van der Waals surface area contributed by atoms with E-state index in [0.717, 1.165) is 18.8 Å². The van der Waals surface area contributed by atoms with Gasteiger partial charge in [-0.15, -0.1) is 0 Å².